The number of aromatic nitrogens is 1. The van der Waals surface area contributed by atoms with Gasteiger partial charge in [-0.25, -0.2) is 4.98 Å². The van der Waals surface area contributed by atoms with Gasteiger partial charge in [-0.2, -0.15) is 4.39 Å². The Hall–Kier alpha value is -2.17. The number of rotatable bonds is 4. The lowest BCUT2D eigenvalue weighted by Gasteiger charge is -2.24. The SMILES string of the molecule is Cc1ccc(NC(=O)CC2CCC2)cc1-c1nc(C)c(F)o1. The van der Waals surface area contributed by atoms with E-state index in [1.54, 1.807) is 13.0 Å². The van der Waals surface area contributed by atoms with Crippen molar-refractivity contribution in [2.45, 2.75) is 39.5 Å². The monoisotopic (exact) mass is 302 g/mol. The largest absolute Gasteiger partial charge is 0.411 e. The first-order valence-corrected chi connectivity index (χ1v) is 7.56. The standard InChI is InChI=1S/C17H19FN2O2/c1-10-6-7-13(20-15(21)8-12-4-3-5-12)9-14(10)17-19-11(2)16(18)22-17/h6-7,9,12H,3-5,8H2,1-2H3,(H,20,21). The van der Waals surface area contributed by atoms with Gasteiger partial charge in [-0.3, -0.25) is 4.79 Å². The summed E-state index contributed by atoms with van der Waals surface area (Å²) < 4.78 is 18.4. The third-order valence-electron chi connectivity index (χ3n) is 4.19. The van der Waals surface area contributed by atoms with Gasteiger partial charge in [0.2, 0.25) is 11.8 Å². The Labute approximate surface area is 128 Å². The minimum absolute atomic E-state index is 0.0225. The summed E-state index contributed by atoms with van der Waals surface area (Å²) >= 11 is 0. The van der Waals surface area contributed by atoms with Gasteiger partial charge in [0.25, 0.3) is 0 Å². The van der Waals surface area contributed by atoms with Crippen molar-refractivity contribution in [2.75, 3.05) is 5.32 Å². The highest BCUT2D eigenvalue weighted by Gasteiger charge is 2.21. The second-order valence-electron chi connectivity index (χ2n) is 5.96. The number of amides is 1. The number of nitrogens with zero attached hydrogens (tertiary/aromatic N) is 1. The minimum atomic E-state index is -0.672. The zero-order valence-corrected chi connectivity index (χ0v) is 12.8. The quantitative estimate of drug-likeness (QED) is 0.919. The van der Waals surface area contributed by atoms with Crippen molar-refractivity contribution < 1.29 is 13.6 Å². The van der Waals surface area contributed by atoms with Crippen molar-refractivity contribution in [2.24, 2.45) is 5.92 Å². The molecule has 1 fully saturated rings. The van der Waals surface area contributed by atoms with E-state index in [9.17, 15) is 9.18 Å². The van der Waals surface area contributed by atoms with Gasteiger partial charge in [-0.15, -0.1) is 0 Å². The summed E-state index contributed by atoms with van der Waals surface area (Å²) in [5.41, 5.74) is 2.52. The Balaban J connectivity index is 1.78. The molecule has 1 amide bonds. The molecule has 0 atom stereocenters. The molecule has 1 aliphatic carbocycles. The summed E-state index contributed by atoms with van der Waals surface area (Å²) in [7, 11) is 0. The van der Waals surface area contributed by atoms with Gasteiger partial charge in [-0.1, -0.05) is 12.5 Å². The molecule has 4 nitrogen and oxygen atoms in total. The van der Waals surface area contributed by atoms with E-state index in [0.717, 1.165) is 18.4 Å². The van der Waals surface area contributed by atoms with Gasteiger partial charge in [0.05, 0.1) is 0 Å². The Morgan fingerprint density at radius 2 is 2.18 bits per heavy atom. The summed E-state index contributed by atoms with van der Waals surface area (Å²) in [5, 5.41) is 2.90. The van der Waals surface area contributed by atoms with Gasteiger partial charge in [0.1, 0.15) is 5.69 Å². The number of nitrogens with one attached hydrogen (secondary N) is 1. The maximum Gasteiger partial charge on any atom is 0.301 e. The number of anilines is 1. The summed E-state index contributed by atoms with van der Waals surface area (Å²) in [4.78, 5) is 16.1. The fourth-order valence-electron chi connectivity index (χ4n) is 2.59. The smallest absolute Gasteiger partial charge is 0.301 e. The van der Waals surface area contributed by atoms with Crippen LogP contribution >= 0.6 is 0 Å². The molecular formula is C17H19FN2O2. The third kappa shape index (κ3) is 3.03. The molecule has 2 aromatic rings. The number of halogens is 1. The van der Waals surface area contributed by atoms with Crippen molar-refractivity contribution in [1.82, 2.24) is 4.98 Å². The molecule has 1 heterocycles. The molecule has 0 unspecified atom stereocenters. The van der Waals surface area contributed by atoms with E-state index in [4.69, 9.17) is 4.42 Å². The molecule has 0 aliphatic heterocycles. The molecule has 1 aliphatic rings. The molecule has 1 saturated carbocycles. The first kappa shape index (κ1) is 14.8. The molecule has 5 heteroatoms. The van der Waals surface area contributed by atoms with E-state index in [2.05, 4.69) is 10.3 Å². The van der Waals surface area contributed by atoms with E-state index in [-0.39, 0.29) is 17.5 Å². The van der Waals surface area contributed by atoms with Crippen LogP contribution in [0, 0.1) is 25.8 Å². The Morgan fingerprint density at radius 1 is 1.41 bits per heavy atom. The van der Waals surface area contributed by atoms with Crippen LogP contribution in [0.25, 0.3) is 11.5 Å². The molecule has 0 radical (unpaired) electrons. The van der Waals surface area contributed by atoms with E-state index >= 15 is 0 Å². The predicted molar refractivity (Wildman–Crippen MR) is 82.0 cm³/mol. The molecule has 0 saturated heterocycles. The zero-order chi connectivity index (χ0) is 15.7. The van der Waals surface area contributed by atoms with Gasteiger partial charge >= 0.3 is 6.01 Å². The third-order valence-corrected chi connectivity index (χ3v) is 4.19. The molecule has 1 aromatic heterocycles. The molecule has 0 bridgehead atoms. The Kier molecular flexibility index (Phi) is 3.96. The summed E-state index contributed by atoms with van der Waals surface area (Å²) in [6.07, 6.45) is 4.07. The maximum absolute atomic E-state index is 13.4. The van der Waals surface area contributed by atoms with Crippen LogP contribution in [0.1, 0.15) is 36.9 Å². The predicted octanol–water partition coefficient (Wildman–Crippen LogP) is 4.23. The van der Waals surface area contributed by atoms with Gasteiger partial charge in [-0.05, 0) is 50.3 Å². The van der Waals surface area contributed by atoms with Crippen molar-refractivity contribution in [1.29, 1.82) is 0 Å². The fraction of sp³-hybridized carbons (Fsp3) is 0.412. The topological polar surface area (TPSA) is 55.1 Å². The summed E-state index contributed by atoms with van der Waals surface area (Å²) in [6, 6.07) is 4.81. The number of hydrogen-bond donors (Lipinski definition) is 1. The van der Waals surface area contributed by atoms with Gasteiger partial charge in [0.15, 0.2) is 0 Å². The minimum Gasteiger partial charge on any atom is -0.411 e. The lowest BCUT2D eigenvalue weighted by Crippen LogP contribution is -2.20. The van der Waals surface area contributed by atoms with Crippen molar-refractivity contribution in [3.8, 4) is 11.5 Å². The number of hydrogen-bond acceptors (Lipinski definition) is 3. The van der Waals surface area contributed by atoms with Crippen LogP contribution < -0.4 is 5.32 Å². The molecule has 1 N–H and O–H groups in total. The Bertz CT molecular complexity index is 685. The van der Waals surface area contributed by atoms with Crippen LogP contribution in [0.3, 0.4) is 0 Å². The van der Waals surface area contributed by atoms with Gasteiger partial charge in [0, 0.05) is 17.7 Å². The average Bonchev–Trinajstić information content (AvgIpc) is 2.76. The second-order valence-corrected chi connectivity index (χ2v) is 5.96. The molecule has 116 valence electrons. The number of aryl methyl sites for hydroxylation is 2. The molecule has 3 rings (SSSR count). The van der Waals surface area contributed by atoms with E-state index in [0.29, 0.717) is 23.6 Å². The molecule has 22 heavy (non-hydrogen) atoms. The first-order valence-electron chi connectivity index (χ1n) is 7.56. The highest BCUT2D eigenvalue weighted by molar-refractivity contribution is 5.91. The molecule has 1 aromatic carbocycles. The van der Waals surface area contributed by atoms with E-state index < -0.39 is 6.01 Å². The second kappa shape index (κ2) is 5.91. The number of carbonyl (C=O) groups is 1. The molecule has 0 spiro atoms. The average molecular weight is 302 g/mol. The van der Waals surface area contributed by atoms with E-state index in [1.165, 1.54) is 6.42 Å². The van der Waals surface area contributed by atoms with E-state index in [1.807, 2.05) is 19.1 Å². The number of benzene rings is 1. The first-order chi connectivity index (χ1) is 10.5. The Morgan fingerprint density at radius 3 is 2.77 bits per heavy atom. The van der Waals surface area contributed by atoms with Gasteiger partial charge < -0.3 is 9.73 Å². The summed E-state index contributed by atoms with van der Waals surface area (Å²) in [5.74, 6) is 0.783. The lowest BCUT2D eigenvalue weighted by atomic mass is 9.83. The normalized spacial score (nSPS) is 14.7. The zero-order valence-electron chi connectivity index (χ0n) is 12.8. The highest BCUT2D eigenvalue weighted by Crippen LogP contribution is 2.30. The maximum atomic E-state index is 13.4. The van der Waals surface area contributed by atoms with Crippen LogP contribution in [-0.4, -0.2) is 10.9 Å². The van der Waals surface area contributed by atoms with Crippen molar-refractivity contribution >= 4 is 11.6 Å². The number of oxazole rings is 1. The summed E-state index contributed by atoms with van der Waals surface area (Å²) in [6.45, 7) is 3.45. The van der Waals surface area contributed by atoms with Crippen LogP contribution in [0.2, 0.25) is 0 Å². The van der Waals surface area contributed by atoms with Crippen molar-refractivity contribution in [3.63, 3.8) is 0 Å². The lowest BCUT2D eigenvalue weighted by molar-refractivity contribution is -0.117. The van der Waals surface area contributed by atoms with Crippen LogP contribution in [-0.2, 0) is 4.79 Å². The highest BCUT2D eigenvalue weighted by atomic mass is 19.1. The van der Waals surface area contributed by atoms with Crippen LogP contribution in [0.5, 0.6) is 0 Å². The number of carbonyl (C=O) groups excluding carboxylic acids is 1. The molecular weight excluding hydrogens is 283 g/mol. The van der Waals surface area contributed by atoms with Crippen LogP contribution in [0.4, 0.5) is 10.1 Å². The van der Waals surface area contributed by atoms with Crippen LogP contribution in [0.15, 0.2) is 22.6 Å². The fourth-order valence-corrected chi connectivity index (χ4v) is 2.59. The van der Waals surface area contributed by atoms with Crippen molar-refractivity contribution in [3.05, 3.63) is 35.5 Å².